The average molecular weight is 269 g/mol. The summed E-state index contributed by atoms with van der Waals surface area (Å²) in [6.45, 7) is 1.29. The maximum absolute atomic E-state index is 11.2. The summed E-state index contributed by atoms with van der Waals surface area (Å²) in [7, 11) is -4.40. The minimum absolute atomic E-state index is 0.0393. The molecule has 1 aromatic rings. The third kappa shape index (κ3) is 3.97. The maximum atomic E-state index is 11.2. The highest BCUT2D eigenvalue weighted by Crippen LogP contribution is 2.18. The number of aryl methyl sites for hydroxylation is 1. The van der Waals surface area contributed by atoms with E-state index in [0.717, 1.165) is 5.56 Å². The number of hydrogen-bond donors (Lipinski definition) is 2. The van der Waals surface area contributed by atoms with Crippen LogP contribution in [0, 0.1) is 0 Å². The molecule has 0 atom stereocenters. The fourth-order valence-corrected chi connectivity index (χ4v) is 2.40. The van der Waals surface area contributed by atoms with Crippen molar-refractivity contribution in [1.29, 1.82) is 0 Å². The van der Waals surface area contributed by atoms with Gasteiger partial charge in [-0.05, 0) is 25.3 Å². The molecule has 0 aliphatic carbocycles. The van der Waals surface area contributed by atoms with Gasteiger partial charge in [-0.1, -0.05) is 30.3 Å². The molecule has 0 bridgehead atoms. The van der Waals surface area contributed by atoms with Gasteiger partial charge in [-0.2, -0.15) is 8.42 Å². The second kappa shape index (κ2) is 5.79. The predicted molar refractivity (Wildman–Crippen MR) is 68.2 cm³/mol. The smallest absolute Gasteiger partial charge is 0.291 e. The summed E-state index contributed by atoms with van der Waals surface area (Å²) >= 11 is 0. The van der Waals surface area contributed by atoms with Crippen molar-refractivity contribution < 1.29 is 17.8 Å². The Kier molecular flexibility index (Phi) is 4.63. The van der Waals surface area contributed by atoms with E-state index in [1.54, 1.807) is 0 Å². The largest absolute Gasteiger partial charge is 0.366 e. The Balaban J connectivity index is 2.96. The lowest BCUT2D eigenvalue weighted by atomic mass is 10.1. The fourth-order valence-electron chi connectivity index (χ4n) is 1.55. The van der Waals surface area contributed by atoms with Crippen LogP contribution in [0.15, 0.2) is 40.8 Å². The van der Waals surface area contributed by atoms with Crippen LogP contribution in [-0.2, 0) is 21.3 Å². The standard InChI is InChI=1S/C12H15NO4S/c1-9(12(13)14)11(18(15,16)17)8-7-10-5-3-2-4-6-10/h2-6H,7-8H2,1H3,(H2,13,14)(H,15,16,17)/b11-9+. The number of hydrogen-bond acceptors (Lipinski definition) is 3. The van der Waals surface area contributed by atoms with Gasteiger partial charge in [0, 0.05) is 5.57 Å². The summed E-state index contributed by atoms with van der Waals surface area (Å²) < 4.78 is 31.5. The number of carbonyl (C=O) groups is 1. The molecule has 0 radical (unpaired) electrons. The lowest BCUT2D eigenvalue weighted by Gasteiger charge is -2.07. The van der Waals surface area contributed by atoms with Crippen LogP contribution in [0.4, 0.5) is 0 Å². The van der Waals surface area contributed by atoms with Gasteiger partial charge in [-0.15, -0.1) is 0 Å². The second-order valence-corrected chi connectivity index (χ2v) is 5.32. The number of amides is 1. The third-order valence-electron chi connectivity index (χ3n) is 2.58. The van der Waals surface area contributed by atoms with Crippen molar-refractivity contribution in [2.24, 2.45) is 5.73 Å². The highest BCUT2D eigenvalue weighted by atomic mass is 32.2. The Hall–Kier alpha value is -1.66. The summed E-state index contributed by atoms with van der Waals surface area (Å²) in [6.07, 6.45) is 0.443. The Morgan fingerprint density at radius 3 is 2.28 bits per heavy atom. The average Bonchev–Trinajstić information content (AvgIpc) is 2.28. The molecule has 0 aliphatic heterocycles. The van der Waals surface area contributed by atoms with Crippen LogP contribution < -0.4 is 5.73 Å². The molecular weight excluding hydrogens is 254 g/mol. The Morgan fingerprint density at radius 2 is 1.83 bits per heavy atom. The minimum Gasteiger partial charge on any atom is -0.366 e. The maximum Gasteiger partial charge on any atom is 0.291 e. The van der Waals surface area contributed by atoms with Crippen molar-refractivity contribution >= 4 is 16.0 Å². The van der Waals surface area contributed by atoms with Crippen LogP contribution in [0.1, 0.15) is 18.9 Å². The molecule has 6 heteroatoms. The van der Waals surface area contributed by atoms with Gasteiger partial charge in [-0.3, -0.25) is 9.35 Å². The molecule has 0 aromatic heterocycles. The molecule has 1 aromatic carbocycles. The summed E-state index contributed by atoms with van der Waals surface area (Å²) in [6, 6.07) is 9.17. The normalized spacial score (nSPS) is 13.0. The van der Waals surface area contributed by atoms with E-state index in [0.29, 0.717) is 6.42 Å². The van der Waals surface area contributed by atoms with Crippen LogP contribution in [0.25, 0.3) is 0 Å². The number of benzene rings is 1. The van der Waals surface area contributed by atoms with Gasteiger partial charge in [-0.25, -0.2) is 0 Å². The van der Waals surface area contributed by atoms with Gasteiger partial charge in [0.15, 0.2) is 0 Å². The zero-order valence-corrected chi connectivity index (χ0v) is 10.8. The Bertz CT molecular complexity index is 561. The summed E-state index contributed by atoms with van der Waals surface area (Å²) in [5, 5.41) is 0. The SMILES string of the molecule is C/C(C(N)=O)=C(/CCc1ccccc1)S(=O)(=O)O. The van der Waals surface area contributed by atoms with E-state index >= 15 is 0 Å². The molecule has 3 N–H and O–H groups in total. The first-order valence-corrected chi connectivity index (χ1v) is 6.77. The number of allylic oxidation sites excluding steroid dienone is 1. The lowest BCUT2D eigenvalue weighted by molar-refractivity contribution is -0.114. The zero-order valence-electron chi connectivity index (χ0n) is 9.96. The third-order valence-corrected chi connectivity index (χ3v) is 3.72. The van der Waals surface area contributed by atoms with E-state index in [4.69, 9.17) is 10.3 Å². The van der Waals surface area contributed by atoms with E-state index in [-0.39, 0.29) is 16.9 Å². The number of nitrogens with two attached hydrogens (primary N) is 1. The Morgan fingerprint density at radius 1 is 1.28 bits per heavy atom. The quantitative estimate of drug-likeness (QED) is 0.621. The molecule has 5 nitrogen and oxygen atoms in total. The molecule has 0 fully saturated rings. The van der Waals surface area contributed by atoms with Crippen molar-refractivity contribution in [2.45, 2.75) is 19.8 Å². The zero-order chi connectivity index (χ0) is 13.8. The van der Waals surface area contributed by atoms with Gasteiger partial charge in [0.2, 0.25) is 5.91 Å². The van der Waals surface area contributed by atoms with E-state index in [1.165, 1.54) is 6.92 Å². The van der Waals surface area contributed by atoms with Crippen LogP contribution in [-0.4, -0.2) is 18.9 Å². The number of primary amides is 1. The topological polar surface area (TPSA) is 97.5 Å². The molecule has 1 amide bonds. The van der Waals surface area contributed by atoms with Gasteiger partial charge in [0.05, 0.1) is 4.91 Å². The Labute approximate surface area is 106 Å². The number of rotatable bonds is 5. The van der Waals surface area contributed by atoms with Crippen LogP contribution in [0.2, 0.25) is 0 Å². The van der Waals surface area contributed by atoms with Crippen LogP contribution in [0.5, 0.6) is 0 Å². The first-order chi connectivity index (χ1) is 8.32. The molecule has 0 unspecified atom stereocenters. The molecule has 0 saturated heterocycles. The first-order valence-electron chi connectivity index (χ1n) is 5.33. The van der Waals surface area contributed by atoms with Gasteiger partial charge >= 0.3 is 0 Å². The summed E-state index contributed by atoms with van der Waals surface area (Å²) in [5.74, 6) is -0.851. The molecule has 0 saturated carbocycles. The molecule has 0 heterocycles. The van der Waals surface area contributed by atoms with Crippen LogP contribution in [0.3, 0.4) is 0 Å². The predicted octanol–water partition coefficient (Wildman–Crippen LogP) is 1.27. The van der Waals surface area contributed by atoms with Crippen molar-refractivity contribution in [1.82, 2.24) is 0 Å². The van der Waals surface area contributed by atoms with Gasteiger partial charge in [0.1, 0.15) is 0 Å². The lowest BCUT2D eigenvalue weighted by Crippen LogP contribution is -2.17. The highest BCUT2D eigenvalue weighted by molar-refractivity contribution is 7.89. The molecule has 18 heavy (non-hydrogen) atoms. The first kappa shape index (κ1) is 14.4. The van der Waals surface area contributed by atoms with E-state index in [2.05, 4.69) is 0 Å². The fraction of sp³-hybridized carbons (Fsp3) is 0.250. The van der Waals surface area contributed by atoms with Gasteiger partial charge in [0.25, 0.3) is 10.1 Å². The minimum atomic E-state index is -4.40. The van der Waals surface area contributed by atoms with E-state index in [9.17, 15) is 13.2 Å². The van der Waals surface area contributed by atoms with Gasteiger partial charge < -0.3 is 5.73 Å². The molecule has 0 spiro atoms. The molecule has 98 valence electrons. The summed E-state index contributed by atoms with van der Waals surface area (Å²) in [4.78, 5) is 10.7. The summed E-state index contributed by atoms with van der Waals surface area (Å²) in [5.41, 5.74) is 5.81. The second-order valence-electron chi connectivity index (χ2n) is 3.87. The van der Waals surface area contributed by atoms with Crippen LogP contribution >= 0.6 is 0 Å². The molecular formula is C12H15NO4S. The van der Waals surface area contributed by atoms with E-state index < -0.39 is 16.0 Å². The van der Waals surface area contributed by atoms with Crippen molar-refractivity contribution in [3.63, 3.8) is 0 Å². The van der Waals surface area contributed by atoms with E-state index in [1.807, 2.05) is 30.3 Å². The highest BCUT2D eigenvalue weighted by Gasteiger charge is 2.19. The molecule has 0 aliphatic rings. The monoisotopic (exact) mass is 269 g/mol. The van der Waals surface area contributed by atoms with Crippen molar-refractivity contribution in [3.8, 4) is 0 Å². The number of carbonyl (C=O) groups excluding carboxylic acids is 1. The molecule has 1 rings (SSSR count). The van der Waals surface area contributed by atoms with Crippen molar-refractivity contribution in [3.05, 3.63) is 46.4 Å². The van der Waals surface area contributed by atoms with Crippen molar-refractivity contribution in [2.75, 3.05) is 0 Å².